The monoisotopic (exact) mass is 289 g/mol. The van der Waals surface area contributed by atoms with Crippen LogP contribution in [0.1, 0.15) is 12.5 Å². The lowest BCUT2D eigenvalue weighted by atomic mass is 10.1. The lowest BCUT2D eigenvalue weighted by molar-refractivity contribution is -0.158. The molecule has 6 nitrogen and oxygen atoms in total. The fourth-order valence-corrected chi connectivity index (χ4v) is 2.59. The fraction of sp³-hybridized carbons (Fsp3) is 0.333. The van der Waals surface area contributed by atoms with E-state index in [1.807, 2.05) is 6.07 Å². The normalized spacial score (nSPS) is 16.4. The van der Waals surface area contributed by atoms with Gasteiger partial charge in [0.05, 0.1) is 24.6 Å². The summed E-state index contributed by atoms with van der Waals surface area (Å²) >= 11 is 0. The topological polar surface area (TPSA) is 66.8 Å². The van der Waals surface area contributed by atoms with Gasteiger partial charge in [0.25, 0.3) is 5.56 Å². The Morgan fingerprint density at radius 3 is 2.86 bits per heavy atom. The van der Waals surface area contributed by atoms with E-state index >= 15 is 0 Å². The summed E-state index contributed by atoms with van der Waals surface area (Å²) in [6.07, 6.45) is -0.489. The Morgan fingerprint density at radius 2 is 2.19 bits per heavy atom. The van der Waals surface area contributed by atoms with Crippen LogP contribution >= 0.6 is 0 Å². The lowest BCUT2D eigenvalue weighted by Crippen LogP contribution is -2.23. The number of aryl methyl sites for hydroxylation is 1. The molecule has 1 atom stereocenters. The molecule has 0 aliphatic carbocycles. The lowest BCUT2D eigenvalue weighted by Gasteiger charge is -2.12. The minimum Gasteiger partial charge on any atom is -0.497 e. The Hall–Kier alpha value is -2.50. The second kappa shape index (κ2) is 4.80. The molecule has 110 valence electrons. The van der Waals surface area contributed by atoms with Gasteiger partial charge in [0, 0.05) is 19.4 Å². The van der Waals surface area contributed by atoms with Gasteiger partial charge in [-0.05, 0) is 18.2 Å². The quantitative estimate of drug-likeness (QED) is 0.781. The maximum atomic E-state index is 12.4. The maximum Gasteiger partial charge on any atom is 0.305 e. The van der Waals surface area contributed by atoms with Crippen LogP contribution in [0.25, 0.3) is 10.9 Å². The Kier molecular flexibility index (Phi) is 3.08. The van der Waals surface area contributed by atoms with Gasteiger partial charge in [-0.25, -0.2) is 0 Å². The molecule has 21 heavy (non-hydrogen) atoms. The van der Waals surface area contributed by atoms with E-state index in [0.29, 0.717) is 17.1 Å². The van der Waals surface area contributed by atoms with E-state index in [9.17, 15) is 9.59 Å². The van der Waals surface area contributed by atoms with Crippen LogP contribution in [0.5, 0.6) is 11.5 Å². The molecular weight excluding hydrogens is 274 g/mol. The van der Waals surface area contributed by atoms with E-state index in [-0.39, 0.29) is 12.0 Å². The Bertz CT molecular complexity index is 793. The van der Waals surface area contributed by atoms with Crippen LogP contribution in [0.4, 0.5) is 0 Å². The van der Waals surface area contributed by atoms with Gasteiger partial charge in [0.15, 0.2) is 0 Å². The fourth-order valence-electron chi connectivity index (χ4n) is 2.59. The molecule has 1 aliphatic rings. The van der Waals surface area contributed by atoms with Crippen molar-refractivity contribution in [2.45, 2.75) is 19.6 Å². The maximum absolute atomic E-state index is 12.4. The molecule has 6 heteroatoms. The molecule has 2 heterocycles. The Labute approximate surface area is 120 Å². The second-order valence-corrected chi connectivity index (χ2v) is 4.92. The first-order valence-electron chi connectivity index (χ1n) is 6.54. The smallest absolute Gasteiger partial charge is 0.305 e. The highest BCUT2D eigenvalue weighted by Gasteiger charge is 2.30. The van der Waals surface area contributed by atoms with Crippen LogP contribution in [0, 0.1) is 0 Å². The SMILES string of the molecule is COc1ccc2c(c1)c1c(c(=O)n2C)CC(OC(C)=O)O1. The minimum absolute atomic E-state index is 0.141. The van der Waals surface area contributed by atoms with Crippen molar-refractivity contribution in [1.29, 1.82) is 0 Å². The summed E-state index contributed by atoms with van der Waals surface area (Å²) in [5, 5.41) is 0.765. The predicted octanol–water partition coefficient (Wildman–Crippen LogP) is 1.37. The molecule has 0 fully saturated rings. The van der Waals surface area contributed by atoms with Crippen LogP contribution in [0.2, 0.25) is 0 Å². The molecule has 0 N–H and O–H groups in total. The van der Waals surface area contributed by atoms with Gasteiger partial charge in [-0.2, -0.15) is 0 Å². The van der Waals surface area contributed by atoms with Gasteiger partial charge >= 0.3 is 5.97 Å². The molecule has 0 spiro atoms. The molecule has 0 amide bonds. The highest BCUT2D eigenvalue weighted by molar-refractivity contribution is 5.88. The van der Waals surface area contributed by atoms with Gasteiger partial charge in [-0.1, -0.05) is 0 Å². The van der Waals surface area contributed by atoms with Crippen LogP contribution in [0.15, 0.2) is 23.0 Å². The van der Waals surface area contributed by atoms with Crippen LogP contribution in [0.3, 0.4) is 0 Å². The first kappa shape index (κ1) is 13.5. The molecule has 0 saturated heterocycles. The average molecular weight is 289 g/mol. The summed E-state index contributed by atoms with van der Waals surface area (Å²) in [4.78, 5) is 23.4. The van der Waals surface area contributed by atoms with Gasteiger partial charge in [-0.3, -0.25) is 9.59 Å². The molecule has 1 aromatic carbocycles. The molecular formula is C15H15NO5. The summed E-state index contributed by atoms with van der Waals surface area (Å²) in [5.41, 5.74) is 1.12. The number of hydrogen-bond donors (Lipinski definition) is 0. The molecule has 1 aliphatic heterocycles. The third-order valence-corrected chi connectivity index (χ3v) is 3.56. The van der Waals surface area contributed by atoms with Crippen molar-refractivity contribution in [1.82, 2.24) is 4.57 Å². The molecule has 3 rings (SSSR count). The van der Waals surface area contributed by atoms with Crippen molar-refractivity contribution < 1.29 is 19.0 Å². The van der Waals surface area contributed by atoms with Crippen LogP contribution in [-0.2, 0) is 23.0 Å². The second-order valence-electron chi connectivity index (χ2n) is 4.92. The number of carbonyl (C=O) groups excluding carboxylic acids is 1. The number of hydrogen-bond acceptors (Lipinski definition) is 5. The van der Waals surface area contributed by atoms with E-state index in [1.54, 1.807) is 30.9 Å². The summed E-state index contributed by atoms with van der Waals surface area (Å²) in [6.45, 7) is 1.31. The highest BCUT2D eigenvalue weighted by Crippen LogP contribution is 2.36. The Morgan fingerprint density at radius 1 is 1.43 bits per heavy atom. The zero-order chi connectivity index (χ0) is 15.1. The van der Waals surface area contributed by atoms with Gasteiger partial charge in [0.1, 0.15) is 11.5 Å². The van der Waals surface area contributed by atoms with Crippen LogP contribution < -0.4 is 15.0 Å². The number of pyridine rings is 1. The molecule has 0 bridgehead atoms. The Balaban J connectivity index is 2.20. The van der Waals surface area contributed by atoms with E-state index < -0.39 is 12.3 Å². The largest absolute Gasteiger partial charge is 0.497 e. The molecule has 2 aromatic rings. The van der Waals surface area contributed by atoms with Crippen molar-refractivity contribution in [2.75, 3.05) is 7.11 Å². The van der Waals surface area contributed by atoms with E-state index in [1.165, 1.54) is 6.92 Å². The van der Waals surface area contributed by atoms with Gasteiger partial charge < -0.3 is 18.8 Å². The minimum atomic E-state index is -0.748. The van der Waals surface area contributed by atoms with Crippen molar-refractivity contribution in [2.24, 2.45) is 7.05 Å². The highest BCUT2D eigenvalue weighted by atomic mass is 16.7. The molecule has 1 aromatic heterocycles. The van der Waals surface area contributed by atoms with Gasteiger partial charge in [0.2, 0.25) is 6.29 Å². The summed E-state index contributed by atoms with van der Waals surface area (Å²) in [5.74, 6) is 0.702. The third-order valence-electron chi connectivity index (χ3n) is 3.56. The third kappa shape index (κ3) is 2.12. The van der Waals surface area contributed by atoms with Crippen LogP contribution in [-0.4, -0.2) is 23.9 Å². The molecule has 0 radical (unpaired) electrons. The van der Waals surface area contributed by atoms with E-state index in [4.69, 9.17) is 14.2 Å². The first-order valence-corrected chi connectivity index (χ1v) is 6.54. The number of aromatic nitrogens is 1. The zero-order valence-electron chi connectivity index (χ0n) is 12.0. The number of rotatable bonds is 2. The average Bonchev–Trinajstić information content (AvgIpc) is 2.87. The van der Waals surface area contributed by atoms with Gasteiger partial charge in [-0.15, -0.1) is 0 Å². The zero-order valence-corrected chi connectivity index (χ0v) is 12.0. The standard InChI is InChI=1S/C15H15NO5/c1-8(17)20-13-7-11-14(21-13)10-6-9(19-3)4-5-12(10)16(2)15(11)18/h4-6,13H,7H2,1-3H3. The van der Waals surface area contributed by atoms with Crippen molar-refractivity contribution in [3.8, 4) is 11.5 Å². The number of esters is 1. The van der Waals surface area contributed by atoms with E-state index in [2.05, 4.69) is 0 Å². The number of carbonyl (C=O) groups is 1. The molecule has 0 saturated carbocycles. The van der Waals surface area contributed by atoms with Crippen molar-refractivity contribution in [3.05, 3.63) is 34.1 Å². The van der Waals surface area contributed by atoms with E-state index in [0.717, 1.165) is 10.9 Å². The number of ether oxygens (including phenoxy) is 3. The first-order chi connectivity index (χ1) is 10.0. The summed E-state index contributed by atoms with van der Waals surface area (Å²) in [6, 6.07) is 5.40. The summed E-state index contributed by atoms with van der Waals surface area (Å²) < 4.78 is 17.5. The predicted molar refractivity (Wildman–Crippen MR) is 75.6 cm³/mol. The van der Waals surface area contributed by atoms with Crippen molar-refractivity contribution >= 4 is 16.9 Å². The number of benzene rings is 1. The van der Waals surface area contributed by atoms with Crippen molar-refractivity contribution in [3.63, 3.8) is 0 Å². The number of methoxy groups -OCH3 is 1. The molecule has 1 unspecified atom stereocenters. The number of fused-ring (bicyclic) bond motifs is 3. The number of nitrogens with zero attached hydrogens (tertiary/aromatic N) is 1. The summed E-state index contributed by atoms with van der Waals surface area (Å²) in [7, 11) is 3.28.